The second kappa shape index (κ2) is 8.36. The minimum Gasteiger partial charge on any atom is -0.497 e. The lowest BCUT2D eigenvalue weighted by atomic mass is 10.1. The highest BCUT2D eigenvalue weighted by Gasteiger charge is 2.30. The number of methoxy groups -OCH3 is 1. The summed E-state index contributed by atoms with van der Waals surface area (Å²) in [6.45, 7) is 3.34. The minimum absolute atomic E-state index is 0.0359. The standard InChI is InChI=1S/C20H21Cl2N3O3S/c1-12-10-16(21)13(2)19(17(12)22)29(26,27)24-18(20-23-8-9-25(20)3)14-6-5-7-15(11-14)28-4/h5-11,18,24H,1-4H3. The van der Waals surface area contributed by atoms with Gasteiger partial charge < -0.3 is 9.30 Å². The SMILES string of the molecule is COc1cccc(C(NS(=O)(=O)c2c(C)c(Cl)cc(C)c2Cl)c2nccn2C)c1. The highest BCUT2D eigenvalue weighted by atomic mass is 35.5. The van der Waals surface area contributed by atoms with Crippen LogP contribution in [0.25, 0.3) is 0 Å². The molecule has 0 spiro atoms. The third-order valence-electron chi connectivity index (χ3n) is 4.67. The molecule has 3 rings (SSSR count). The number of imidazole rings is 1. The number of nitrogens with zero attached hydrogens (tertiary/aromatic N) is 2. The largest absolute Gasteiger partial charge is 0.497 e. The molecule has 1 unspecified atom stereocenters. The maximum Gasteiger partial charge on any atom is 0.243 e. The van der Waals surface area contributed by atoms with Crippen LogP contribution in [-0.4, -0.2) is 25.1 Å². The van der Waals surface area contributed by atoms with Crippen LogP contribution >= 0.6 is 23.2 Å². The number of rotatable bonds is 6. The molecule has 0 saturated carbocycles. The number of ether oxygens (including phenoxy) is 1. The van der Waals surface area contributed by atoms with Crippen LogP contribution in [-0.2, 0) is 17.1 Å². The molecule has 6 nitrogen and oxygen atoms in total. The van der Waals surface area contributed by atoms with Crippen LogP contribution in [0.5, 0.6) is 5.75 Å². The summed E-state index contributed by atoms with van der Waals surface area (Å²) >= 11 is 12.6. The smallest absolute Gasteiger partial charge is 0.243 e. The van der Waals surface area contributed by atoms with Gasteiger partial charge in [0, 0.05) is 24.5 Å². The van der Waals surface area contributed by atoms with E-state index in [4.69, 9.17) is 27.9 Å². The van der Waals surface area contributed by atoms with Gasteiger partial charge in [0.1, 0.15) is 22.5 Å². The van der Waals surface area contributed by atoms with Gasteiger partial charge in [0.15, 0.2) is 0 Å². The van der Waals surface area contributed by atoms with E-state index in [9.17, 15) is 8.42 Å². The van der Waals surface area contributed by atoms with E-state index in [0.717, 1.165) is 0 Å². The molecule has 0 radical (unpaired) electrons. The number of nitrogens with one attached hydrogen (secondary N) is 1. The first-order valence-electron chi connectivity index (χ1n) is 8.74. The first-order valence-corrected chi connectivity index (χ1v) is 11.0. The summed E-state index contributed by atoms with van der Waals surface area (Å²) < 4.78 is 36.6. The zero-order chi connectivity index (χ0) is 21.3. The lowest BCUT2D eigenvalue weighted by Crippen LogP contribution is -2.32. The van der Waals surface area contributed by atoms with Crippen LogP contribution in [0.2, 0.25) is 10.0 Å². The Morgan fingerprint density at radius 2 is 1.93 bits per heavy atom. The number of aryl methyl sites for hydroxylation is 2. The number of benzene rings is 2. The lowest BCUT2D eigenvalue weighted by Gasteiger charge is -2.21. The number of sulfonamides is 1. The number of hydrogen-bond acceptors (Lipinski definition) is 4. The molecule has 0 saturated heterocycles. The van der Waals surface area contributed by atoms with Crippen molar-refractivity contribution in [3.63, 3.8) is 0 Å². The summed E-state index contributed by atoms with van der Waals surface area (Å²) in [6.07, 6.45) is 3.36. The second-order valence-corrected chi connectivity index (χ2v) is 9.11. The van der Waals surface area contributed by atoms with Gasteiger partial charge in [-0.3, -0.25) is 0 Å². The zero-order valence-corrected chi connectivity index (χ0v) is 18.7. The van der Waals surface area contributed by atoms with Gasteiger partial charge in [-0.1, -0.05) is 35.3 Å². The van der Waals surface area contributed by atoms with Crippen LogP contribution in [0.15, 0.2) is 47.6 Å². The summed E-state index contributed by atoms with van der Waals surface area (Å²) in [5.74, 6) is 1.13. The third-order valence-corrected chi connectivity index (χ3v) is 7.26. The van der Waals surface area contributed by atoms with E-state index < -0.39 is 16.1 Å². The van der Waals surface area contributed by atoms with Gasteiger partial charge in [0.05, 0.1) is 12.1 Å². The Hall–Kier alpha value is -2.06. The van der Waals surface area contributed by atoms with Crippen molar-refractivity contribution in [2.45, 2.75) is 24.8 Å². The average molecular weight is 454 g/mol. The van der Waals surface area contributed by atoms with Crippen LogP contribution in [0, 0.1) is 13.8 Å². The van der Waals surface area contributed by atoms with Gasteiger partial charge in [-0.05, 0) is 48.7 Å². The maximum absolute atomic E-state index is 13.4. The normalized spacial score (nSPS) is 12.8. The molecule has 0 aliphatic heterocycles. The molecule has 0 aliphatic carbocycles. The molecule has 9 heteroatoms. The van der Waals surface area contributed by atoms with E-state index >= 15 is 0 Å². The average Bonchev–Trinajstić information content (AvgIpc) is 3.10. The summed E-state index contributed by atoms with van der Waals surface area (Å²) in [6, 6.07) is 8.04. The molecule has 154 valence electrons. The Bertz CT molecular complexity index is 1130. The molecule has 1 heterocycles. The molecule has 29 heavy (non-hydrogen) atoms. The highest BCUT2D eigenvalue weighted by molar-refractivity contribution is 7.89. The van der Waals surface area contributed by atoms with Gasteiger partial charge in [0.25, 0.3) is 0 Å². The first-order chi connectivity index (χ1) is 13.7. The minimum atomic E-state index is -4.04. The Kier molecular flexibility index (Phi) is 6.24. The van der Waals surface area contributed by atoms with Gasteiger partial charge >= 0.3 is 0 Å². The van der Waals surface area contributed by atoms with Crippen LogP contribution < -0.4 is 9.46 Å². The van der Waals surface area contributed by atoms with Crippen molar-refractivity contribution in [3.05, 3.63) is 75.3 Å². The fraction of sp³-hybridized carbons (Fsp3) is 0.250. The van der Waals surface area contributed by atoms with Crippen molar-refractivity contribution in [1.29, 1.82) is 0 Å². The summed E-state index contributed by atoms with van der Waals surface area (Å²) in [5, 5.41) is 0.478. The first kappa shape index (κ1) is 21.6. The summed E-state index contributed by atoms with van der Waals surface area (Å²) in [7, 11) is -0.687. The number of aromatic nitrogens is 2. The molecule has 1 aromatic heterocycles. The fourth-order valence-corrected chi connectivity index (χ4v) is 5.49. The summed E-state index contributed by atoms with van der Waals surface area (Å²) in [4.78, 5) is 4.31. The van der Waals surface area contributed by atoms with Gasteiger partial charge in [-0.2, -0.15) is 4.72 Å². The van der Waals surface area contributed by atoms with E-state index in [2.05, 4.69) is 9.71 Å². The Balaban J connectivity index is 2.15. The van der Waals surface area contributed by atoms with Crippen LogP contribution in [0.1, 0.15) is 28.6 Å². The zero-order valence-electron chi connectivity index (χ0n) is 16.4. The van der Waals surface area contributed by atoms with Gasteiger partial charge in [0.2, 0.25) is 10.0 Å². The van der Waals surface area contributed by atoms with Crippen molar-refractivity contribution >= 4 is 33.2 Å². The third kappa shape index (κ3) is 4.28. The van der Waals surface area contributed by atoms with Gasteiger partial charge in [-0.25, -0.2) is 13.4 Å². The predicted molar refractivity (Wildman–Crippen MR) is 114 cm³/mol. The van der Waals surface area contributed by atoms with Crippen molar-refractivity contribution in [2.24, 2.45) is 7.05 Å². The monoisotopic (exact) mass is 453 g/mol. The Morgan fingerprint density at radius 3 is 2.55 bits per heavy atom. The van der Waals surface area contributed by atoms with E-state index in [0.29, 0.717) is 33.3 Å². The molecule has 2 aromatic carbocycles. The lowest BCUT2D eigenvalue weighted by molar-refractivity contribution is 0.413. The second-order valence-electron chi connectivity index (χ2n) is 6.67. The van der Waals surface area contributed by atoms with E-state index in [-0.39, 0.29) is 9.92 Å². The molecule has 0 fully saturated rings. The molecule has 3 aromatic rings. The van der Waals surface area contributed by atoms with E-state index in [1.54, 1.807) is 69.2 Å². The molecule has 0 bridgehead atoms. The van der Waals surface area contributed by atoms with Crippen molar-refractivity contribution < 1.29 is 13.2 Å². The van der Waals surface area contributed by atoms with Crippen LogP contribution in [0.3, 0.4) is 0 Å². The molecule has 1 atom stereocenters. The number of halogens is 2. The molecule has 0 amide bonds. The highest BCUT2D eigenvalue weighted by Crippen LogP contribution is 2.35. The van der Waals surface area contributed by atoms with Crippen LogP contribution in [0.4, 0.5) is 0 Å². The predicted octanol–water partition coefficient (Wildman–Crippen LogP) is 4.42. The Morgan fingerprint density at radius 1 is 1.21 bits per heavy atom. The van der Waals surface area contributed by atoms with Crippen molar-refractivity contribution in [1.82, 2.24) is 14.3 Å². The molecular formula is C20H21Cl2N3O3S. The van der Waals surface area contributed by atoms with Crippen molar-refractivity contribution in [3.8, 4) is 5.75 Å². The molecular weight excluding hydrogens is 433 g/mol. The maximum atomic E-state index is 13.4. The quantitative estimate of drug-likeness (QED) is 0.599. The topological polar surface area (TPSA) is 73.2 Å². The van der Waals surface area contributed by atoms with Crippen molar-refractivity contribution in [2.75, 3.05) is 7.11 Å². The van der Waals surface area contributed by atoms with Gasteiger partial charge in [-0.15, -0.1) is 0 Å². The van der Waals surface area contributed by atoms with E-state index in [1.807, 2.05) is 6.07 Å². The summed E-state index contributed by atoms with van der Waals surface area (Å²) in [5.41, 5.74) is 1.64. The Labute approximate surface area is 180 Å². The molecule has 0 aliphatic rings. The van der Waals surface area contributed by atoms with E-state index in [1.165, 1.54) is 0 Å². The molecule has 1 N–H and O–H groups in total. The fourth-order valence-electron chi connectivity index (χ4n) is 3.09. The number of hydrogen-bond donors (Lipinski definition) is 1.